The average Bonchev–Trinajstić information content (AvgIpc) is 3.11. The number of hydrogen-bond acceptors (Lipinski definition) is 5. The zero-order chi connectivity index (χ0) is 13.7. The first kappa shape index (κ1) is 12.0. The standard InChI is InChI=1S/C14H11FN2O2S/c15-8-5-10(9-1-4-19-11(9)6-8)13-12(7-18)20-14-16-2-3-17(13)14/h1,4-6,18H,2-3,7H2. The number of benzene rings is 1. The molecule has 0 radical (unpaired) electrons. The van der Waals surface area contributed by atoms with E-state index in [1.807, 2.05) is 11.0 Å². The van der Waals surface area contributed by atoms with E-state index in [4.69, 9.17) is 4.42 Å². The number of hydrogen-bond donors (Lipinski definition) is 1. The van der Waals surface area contributed by atoms with E-state index in [1.165, 1.54) is 23.9 Å². The predicted octanol–water partition coefficient (Wildman–Crippen LogP) is 2.65. The van der Waals surface area contributed by atoms with Gasteiger partial charge in [-0.3, -0.25) is 4.99 Å². The van der Waals surface area contributed by atoms with Gasteiger partial charge in [0.2, 0.25) is 0 Å². The number of furan rings is 1. The molecule has 20 heavy (non-hydrogen) atoms. The van der Waals surface area contributed by atoms with Crippen LogP contribution in [-0.2, 0) is 0 Å². The van der Waals surface area contributed by atoms with Crippen molar-refractivity contribution in [2.75, 3.05) is 19.7 Å². The number of aliphatic hydroxyl groups excluding tert-OH is 1. The van der Waals surface area contributed by atoms with Crippen LogP contribution in [0.5, 0.6) is 0 Å². The van der Waals surface area contributed by atoms with Crippen LogP contribution in [0.4, 0.5) is 4.39 Å². The summed E-state index contributed by atoms with van der Waals surface area (Å²) in [6.07, 6.45) is 1.55. The van der Waals surface area contributed by atoms with Gasteiger partial charge < -0.3 is 14.4 Å². The molecule has 2 aliphatic heterocycles. The second kappa shape index (κ2) is 4.36. The highest BCUT2D eigenvalue weighted by molar-refractivity contribution is 8.17. The van der Waals surface area contributed by atoms with Crippen molar-refractivity contribution in [2.24, 2.45) is 4.99 Å². The van der Waals surface area contributed by atoms with E-state index in [0.717, 1.165) is 39.8 Å². The van der Waals surface area contributed by atoms with Gasteiger partial charge in [-0.2, -0.15) is 0 Å². The van der Waals surface area contributed by atoms with Crippen molar-refractivity contribution in [3.05, 3.63) is 40.7 Å². The van der Waals surface area contributed by atoms with Crippen molar-refractivity contribution in [2.45, 2.75) is 0 Å². The third-order valence-electron chi connectivity index (χ3n) is 3.49. The Hall–Kier alpha value is -1.79. The van der Waals surface area contributed by atoms with Gasteiger partial charge in [-0.25, -0.2) is 4.39 Å². The van der Waals surface area contributed by atoms with Gasteiger partial charge in [0, 0.05) is 28.5 Å². The molecular formula is C14H11FN2O2S. The van der Waals surface area contributed by atoms with Crippen LogP contribution >= 0.6 is 11.8 Å². The normalized spacial score (nSPS) is 18.1. The number of thioether (sulfide) groups is 1. The maximum absolute atomic E-state index is 13.8. The van der Waals surface area contributed by atoms with E-state index in [-0.39, 0.29) is 12.4 Å². The summed E-state index contributed by atoms with van der Waals surface area (Å²) in [6, 6.07) is 4.69. The minimum Gasteiger partial charge on any atom is -0.464 e. The fourth-order valence-corrected chi connectivity index (χ4v) is 3.72. The lowest BCUT2D eigenvalue weighted by atomic mass is 10.1. The number of nitrogens with zero attached hydrogens (tertiary/aromatic N) is 2. The van der Waals surface area contributed by atoms with E-state index < -0.39 is 0 Å². The molecule has 0 atom stereocenters. The number of amidine groups is 1. The van der Waals surface area contributed by atoms with Crippen molar-refractivity contribution in [1.29, 1.82) is 0 Å². The van der Waals surface area contributed by atoms with Crippen molar-refractivity contribution in [3.63, 3.8) is 0 Å². The Kier molecular flexibility index (Phi) is 2.61. The molecule has 1 N–H and O–H groups in total. The quantitative estimate of drug-likeness (QED) is 0.923. The first-order valence-corrected chi connectivity index (χ1v) is 7.10. The summed E-state index contributed by atoms with van der Waals surface area (Å²) in [5.41, 5.74) is 2.11. The van der Waals surface area contributed by atoms with Crippen molar-refractivity contribution in [3.8, 4) is 0 Å². The van der Waals surface area contributed by atoms with E-state index >= 15 is 0 Å². The van der Waals surface area contributed by atoms with E-state index in [2.05, 4.69) is 4.99 Å². The molecule has 102 valence electrons. The van der Waals surface area contributed by atoms with E-state index in [1.54, 1.807) is 6.26 Å². The Morgan fingerprint density at radius 1 is 1.45 bits per heavy atom. The molecule has 3 heterocycles. The highest BCUT2D eigenvalue weighted by Crippen LogP contribution is 2.43. The molecule has 0 aliphatic carbocycles. The Morgan fingerprint density at radius 2 is 2.35 bits per heavy atom. The Morgan fingerprint density at radius 3 is 3.20 bits per heavy atom. The summed E-state index contributed by atoms with van der Waals surface area (Å²) >= 11 is 1.45. The van der Waals surface area contributed by atoms with Gasteiger partial charge >= 0.3 is 0 Å². The molecule has 0 saturated carbocycles. The molecule has 0 fully saturated rings. The number of rotatable bonds is 2. The number of fused-ring (bicyclic) bond motifs is 2. The van der Waals surface area contributed by atoms with Gasteiger partial charge in [-0.15, -0.1) is 0 Å². The first-order valence-electron chi connectivity index (χ1n) is 6.29. The molecule has 4 nitrogen and oxygen atoms in total. The summed E-state index contributed by atoms with van der Waals surface area (Å²) in [7, 11) is 0. The molecule has 2 aliphatic rings. The van der Waals surface area contributed by atoms with Gasteiger partial charge in [0.1, 0.15) is 11.4 Å². The van der Waals surface area contributed by atoms with Crippen molar-refractivity contribution >= 4 is 33.6 Å². The van der Waals surface area contributed by atoms with Crippen LogP contribution in [0.3, 0.4) is 0 Å². The summed E-state index contributed by atoms with van der Waals surface area (Å²) in [5, 5.41) is 11.3. The lowest BCUT2D eigenvalue weighted by Crippen LogP contribution is -2.20. The molecule has 0 saturated heterocycles. The largest absolute Gasteiger partial charge is 0.464 e. The number of aliphatic imine (C=N–C) groups is 1. The monoisotopic (exact) mass is 290 g/mol. The van der Waals surface area contributed by atoms with Crippen LogP contribution in [0.25, 0.3) is 16.7 Å². The van der Waals surface area contributed by atoms with Gasteiger partial charge in [0.05, 0.1) is 25.1 Å². The predicted molar refractivity (Wildman–Crippen MR) is 76.8 cm³/mol. The molecule has 1 aromatic carbocycles. The third kappa shape index (κ3) is 1.61. The van der Waals surface area contributed by atoms with Crippen LogP contribution in [0, 0.1) is 5.82 Å². The second-order valence-corrected chi connectivity index (χ2v) is 5.70. The molecular weight excluding hydrogens is 279 g/mol. The van der Waals surface area contributed by atoms with E-state index in [9.17, 15) is 9.50 Å². The van der Waals surface area contributed by atoms with Gasteiger partial charge in [0.15, 0.2) is 5.17 Å². The molecule has 0 amide bonds. The minimum absolute atomic E-state index is 0.0780. The lowest BCUT2D eigenvalue weighted by molar-refractivity contribution is 0.339. The van der Waals surface area contributed by atoms with Crippen molar-refractivity contribution in [1.82, 2.24) is 4.90 Å². The van der Waals surface area contributed by atoms with E-state index in [0.29, 0.717) is 5.58 Å². The average molecular weight is 290 g/mol. The van der Waals surface area contributed by atoms with Crippen LogP contribution in [-0.4, -0.2) is 34.9 Å². The van der Waals surface area contributed by atoms with Gasteiger partial charge in [-0.05, 0) is 12.1 Å². The fourth-order valence-electron chi connectivity index (χ4n) is 2.67. The third-order valence-corrected chi connectivity index (χ3v) is 4.59. The maximum atomic E-state index is 13.8. The highest BCUT2D eigenvalue weighted by Gasteiger charge is 2.33. The van der Waals surface area contributed by atoms with Gasteiger partial charge in [-0.1, -0.05) is 11.8 Å². The topological polar surface area (TPSA) is 49.0 Å². The van der Waals surface area contributed by atoms with Crippen LogP contribution < -0.4 is 0 Å². The zero-order valence-corrected chi connectivity index (χ0v) is 11.3. The number of halogens is 1. The minimum atomic E-state index is -0.346. The fraction of sp³-hybridized carbons (Fsp3) is 0.214. The first-order chi connectivity index (χ1) is 9.78. The SMILES string of the molecule is OCC1=C(c2cc(F)cc3occc23)N2CCN=C2S1. The highest BCUT2D eigenvalue weighted by atomic mass is 32.2. The smallest absolute Gasteiger partial charge is 0.168 e. The molecule has 1 aromatic heterocycles. The van der Waals surface area contributed by atoms with Crippen LogP contribution in [0.1, 0.15) is 5.56 Å². The zero-order valence-electron chi connectivity index (χ0n) is 10.5. The lowest BCUT2D eigenvalue weighted by Gasteiger charge is -2.18. The number of aliphatic hydroxyl groups is 1. The Labute approximate surface area is 118 Å². The second-order valence-electron chi connectivity index (χ2n) is 4.63. The van der Waals surface area contributed by atoms with Gasteiger partial charge in [0.25, 0.3) is 0 Å². The molecule has 6 heteroatoms. The molecule has 4 rings (SSSR count). The Balaban J connectivity index is 1.97. The summed E-state index contributed by atoms with van der Waals surface area (Å²) < 4.78 is 19.1. The summed E-state index contributed by atoms with van der Waals surface area (Å²) in [4.78, 5) is 7.24. The molecule has 2 aromatic rings. The van der Waals surface area contributed by atoms with Crippen LogP contribution in [0.2, 0.25) is 0 Å². The Bertz CT molecular complexity index is 766. The van der Waals surface area contributed by atoms with Crippen molar-refractivity contribution < 1.29 is 13.9 Å². The molecule has 0 unspecified atom stereocenters. The van der Waals surface area contributed by atoms with Crippen LogP contribution in [0.15, 0.2) is 38.8 Å². The molecule has 0 bridgehead atoms. The molecule has 0 spiro atoms. The summed E-state index contributed by atoms with van der Waals surface area (Å²) in [5.74, 6) is -0.346. The maximum Gasteiger partial charge on any atom is 0.168 e. The summed E-state index contributed by atoms with van der Waals surface area (Å²) in [6.45, 7) is 1.41.